The van der Waals surface area contributed by atoms with Gasteiger partial charge in [0.2, 0.25) is 0 Å². The van der Waals surface area contributed by atoms with E-state index >= 15 is 0 Å². The van der Waals surface area contributed by atoms with Gasteiger partial charge >= 0.3 is 0 Å². The highest BCUT2D eigenvalue weighted by molar-refractivity contribution is 7.22. The number of thiophene rings is 1. The monoisotopic (exact) mass is 444 g/mol. The van der Waals surface area contributed by atoms with Gasteiger partial charge < -0.3 is 10.1 Å². The molecule has 6 heteroatoms. The van der Waals surface area contributed by atoms with Crippen LogP contribution in [0.4, 0.5) is 5.00 Å². The van der Waals surface area contributed by atoms with Crippen LogP contribution in [-0.4, -0.2) is 18.0 Å². The van der Waals surface area contributed by atoms with Gasteiger partial charge in [0.25, 0.3) is 5.91 Å². The Hall–Kier alpha value is -3.22. The van der Waals surface area contributed by atoms with Crippen molar-refractivity contribution in [3.8, 4) is 16.3 Å². The molecule has 154 valence electrons. The summed E-state index contributed by atoms with van der Waals surface area (Å²) in [5.74, 6) is 0.369. The van der Waals surface area contributed by atoms with E-state index in [1.165, 1.54) is 0 Å². The number of benzene rings is 3. The number of methoxy groups -OCH3 is 1. The summed E-state index contributed by atoms with van der Waals surface area (Å²) in [6.45, 7) is 4.16. The maximum Gasteiger partial charge on any atom is 0.260 e. The maximum absolute atomic E-state index is 13.3. The molecule has 1 amide bonds. The van der Waals surface area contributed by atoms with Crippen molar-refractivity contribution >= 4 is 54.6 Å². The topological polar surface area (TPSA) is 51.2 Å². The minimum absolute atomic E-state index is 0.189. The van der Waals surface area contributed by atoms with E-state index in [9.17, 15) is 4.79 Å². The largest absolute Gasteiger partial charge is 0.496 e. The Kier molecular flexibility index (Phi) is 4.96. The first-order chi connectivity index (χ1) is 15.0. The molecule has 2 heterocycles. The van der Waals surface area contributed by atoms with Crippen molar-refractivity contribution in [2.24, 2.45) is 0 Å². The number of carbonyl (C=O) groups excluding carboxylic acids is 1. The van der Waals surface area contributed by atoms with Gasteiger partial charge in [0.15, 0.2) is 0 Å². The Balaban J connectivity index is 1.57. The van der Waals surface area contributed by atoms with Gasteiger partial charge in [-0.2, -0.15) is 0 Å². The number of hydrogen-bond donors (Lipinski definition) is 1. The number of aromatic nitrogens is 1. The number of hydrogen-bond acceptors (Lipinski definition) is 5. The molecule has 4 nitrogen and oxygen atoms in total. The van der Waals surface area contributed by atoms with Crippen molar-refractivity contribution in [2.75, 3.05) is 12.4 Å². The number of carbonyl (C=O) groups is 1. The van der Waals surface area contributed by atoms with Crippen LogP contribution in [0.2, 0.25) is 0 Å². The predicted octanol–water partition coefficient (Wildman–Crippen LogP) is 7.06. The molecule has 0 bridgehead atoms. The number of anilines is 1. The Morgan fingerprint density at radius 2 is 1.68 bits per heavy atom. The van der Waals surface area contributed by atoms with Crippen molar-refractivity contribution in [1.29, 1.82) is 0 Å². The van der Waals surface area contributed by atoms with Gasteiger partial charge in [0.05, 0.1) is 22.9 Å². The number of thiazole rings is 1. The van der Waals surface area contributed by atoms with Crippen LogP contribution in [0.3, 0.4) is 0 Å². The molecule has 0 saturated heterocycles. The highest BCUT2D eigenvalue weighted by atomic mass is 32.1. The third-order valence-electron chi connectivity index (χ3n) is 5.43. The number of amides is 1. The highest BCUT2D eigenvalue weighted by Crippen LogP contribution is 2.43. The lowest BCUT2D eigenvalue weighted by atomic mass is 10.1. The van der Waals surface area contributed by atoms with Crippen molar-refractivity contribution in [3.63, 3.8) is 0 Å². The zero-order valence-corrected chi connectivity index (χ0v) is 19.0. The predicted molar refractivity (Wildman–Crippen MR) is 131 cm³/mol. The molecule has 5 rings (SSSR count). The molecule has 0 aliphatic rings. The maximum atomic E-state index is 13.3. The van der Waals surface area contributed by atoms with Crippen molar-refractivity contribution in [3.05, 3.63) is 76.7 Å². The fourth-order valence-corrected chi connectivity index (χ4v) is 5.88. The number of fused-ring (bicyclic) bond motifs is 2. The van der Waals surface area contributed by atoms with E-state index in [0.29, 0.717) is 11.3 Å². The van der Waals surface area contributed by atoms with Crippen LogP contribution in [0.5, 0.6) is 5.75 Å². The van der Waals surface area contributed by atoms with E-state index in [-0.39, 0.29) is 5.91 Å². The van der Waals surface area contributed by atoms with Crippen LogP contribution in [-0.2, 0) is 0 Å². The summed E-state index contributed by atoms with van der Waals surface area (Å²) in [5, 5.41) is 6.91. The third-order valence-corrected chi connectivity index (χ3v) is 7.61. The number of nitrogens with one attached hydrogen (secondary N) is 1. The SMILES string of the molecule is COc1cc2ccccc2cc1C(=O)Nc1sc(C)c(C)c1-c1nc2ccccc2s1. The molecule has 5 aromatic rings. The Bertz CT molecular complexity index is 1420. The quantitative estimate of drug-likeness (QED) is 0.323. The zero-order valence-electron chi connectivity index (χ0n) is 17.4. The second kappa shape index (κ2) is 7.80. The van der Waals surface area contributed by atoms with Gasteiger partial charge in [0, 0.05) is 10.4 Å². The molecular formula is C25H20N2O2S2. The number of rotatable bonds is 4. The van der Waals surface area contributed by atoms with Gasteiger partial charge in [-0.05, 0) is 54.4 Å². The van der Waals surface area contributed by atoms with E-state index in [4.69, 9.17) is 9.72 Å². The van der Waals surface area contributed by atoms with Crippen LogP contribution >= 0.6 is 22.7 Å². The standard InChI is InChI=1S/C25H20N2O2S2/c1-14-15(2)30-25(22(14)24-26-19-10-6-7-11-21(19)31-24)27-23(28)18-12-16-8-4-5-9-17(16)13-20(18)29-3/h4-13H,1-3H3,(H,27,28). The molecule has 0 fully saturated rings. The van der Waals surface area contributed by atoms with Crippen LogP contribution < -0.4 is 10.1 Å². The average molecular weight is 445 g/mol. The molecule has 0 aliphatic heterocycles. The van der Waals surface area contributed by atoms with Crippen LogP contribution in [0.1, 0.15) is 20.8 Å². The van der Waals surface area contributed by atoms with E-state index < -0.39 is 0 Å². The lowest BCUT2D eigenvalue weighted by molar-refractivity contribution is 0.102. The molecule has 0 radical (unpaired) electrons. The van der Waals surface area contributed by atoms with Gasteiger partial charge in [-0.3, -0.25) is 4.79 Å². The smallest absolute Gasteiger partial charge is 0.260 e. The fourth-order valence-electron chi connectivity index (χ4n) is 3.69. The van der Waals surface area contributed by atoms with Crippen molar-refractivity contribution in [2.45, 2.75) is 13.8 Å². The minimum atomic E-state index is -0.189. The molecule has 3 aromatic carbocycles. The Morgan fingerprint density at radius 3 is 2.42 bits per heavy atom. The van der Waals surface area contributed by atoms with Crippen LogP contribution in [0.15, 0.2) is 60.7 Å². The summed E-state index contributed by atoms with van der Waals surface area (Å²) in [6.07, 6.45) is 0. The number of para-hydroxylation sites is 1. The molecule has 0 atom stereocenters. The normalized spacial score (nSPS) is 11.2. The molecule has 0 saturated carbocycles. The number of ether oxygens (including phenoxy) is 1. The molecule has 31 heavy (non-hydrogen) atoms. The van der Waals surface area contributed by atoms with Gasteiger partial charge in [-0.15, -0.1) is 22.7 Å². The van der Waals surface area contributed by atoms with Gasteiger partial charge in [-0.25, -0.2) is 4.98 Å². The molecule has 0 spiro atoms. The Morgan fingerprint density at radius 1 is 0.968 bits per heavy atom. The summed E-state index contributed by atoms with van der Waals surface area (Å²) >= 11 is 3.22. The fraction of sp³-hybridized carbons (Fsp3) is 0.120. The minimum Gasteiger partial charge on any atom is -0.496 e. The lowest BCUT2D eigenvalue weighted by Crippen LogP contribution is -2.13. The number of aryl methyl sites for hydroxylation is 1. The van der Waals surface area contributed by atoms with E-state index in [2.05, 4.69) is 25.2 Å². The van der Waals surface area contributed by atoms with Gasteiger partial charge in [-0.1, -0.05) is 36.4 Å². The summed E-state index contributed by atoms with van der Waals surface area (Å²) in [7, 11) is 1.59. The third kappa shape index (κ3) is 3.48. The van der Waals surface area contributed by atoms with Crippen molar-refractivity contribution in [1.82, 2.24) is 4.98 Å². The van der Waals surface area contributed by atoms with Crippen LogP contribution in [0, 0.1) is 13.8 Å². The second-order valence-corrected chi connectivity index (χ2v) is 9.58. The van der Waals surface area contributed by atoms with E-state index in [0.717, 1.165) is 47.0 Å². The zero-order chi connectivity index (χ0) is 21.5. The van der Waals surface area contributed by atoms with Crippen molar-refractivity contribution < 1.29 is 9.53 Å². The summed E-state index contributed by atoms with van der Waals surface area (Å²) in [6, 6.07) is 19.8. The number of nitrogens with zero attached hydrogens (tertiary/aromatic N) is 1. The highest BCUT2D eigenvalue weighted by Gasteiger charge is 2.22. The molecule has 0 aliphatic carbocycles. The molecule has 0 unspecified atom stereocenters. The molecule has 1 N–H and O–H groups in total. The summed E-state index contributed by atoms with van der Waals surface area (Å²) in [5.41, 5.74) is 3.63. The lowest BCUT2D eigenvalue weighted by Gasteiger charge is -2.11. The summed E-state index contributed by atoms with van der Waals surface area (Å²) < 4.78 is 6.66. The van der Waals surface area contributed by atoms with Gasteiger partial charge in [0.1, 0.15) is 15.8 Å². The summed E-state index contributed by atoms with van der Waals surface area (Å²) in [4.78, 5) is 19.3. The first-order valence-electron chi connectivity index (χ1n) is 9.89. The van der Waals surface area contributed by atoms with E-state index in [1.807, 2.05) is 54.6 Å². The first kappa shape index (κ1) is 19.7. The molecular weight excluding hydrogens is 424 g/mol. The van der Waals surface area contributed by atoms with E-state index in [1.54, 1.807) is 29.8 Å². The molecule has 2 aromatic heterocycles. The second-order valence-electron chi connectivity index (χ2n) is 7.33. The Labute approximate surface area is 188 Å². The average Bonchev–Trinajstić information content (AvgIpc) is 3.32. The van der Waals surface area contributed by atoms with Crippen LogP contribution in [0.25, 0.3) is 31.6 Å². The first-order valence-corrected chi connectivity index (χ1v) is 11.5.